The molecule has 4 rings (SSSR count). The van der Waals surface area contributed by atoms with Crippen LogP contribution in [0.15, 0.2) is 54.6 Å². The van der Waals surface area contributed by atoms with Gasteiger partial charge in [0.1, 0.15) is 0 Å². The molecule has 2 saturated heterocycles. The summed E-state index contributed by atoms with van der Waals surface area (Å²) < 4.78 is 0. The summed E-state index contributed by atoms with van der Waals surface area (Å²) in [6.07, 6.45) is 3.38. The Morgan fingerprint density at radius 3 is 2.16 bits per heavy atom. The first kappa shape index (κ1) is 26.9. The first-order valence-electron chi connectivity index (χ1n) is 11.2. The Labute approximate surface area is 209 Å². The van der Waals surface area contributed by atoms with Crippen LogP contribution < -0.4 is 0 Å². The minimum Gasteiger partial charge on any atom is -0.339 e. The number of carbonyl (C=O) groups excluding carboxylic acids is 1. The molecule has 0 radical (unpaired) electrons. The number of rotatable bonds is 5. The Hall–Kier alpha value is -1.30. The minimum atomic E-state index is 0. The summed E-state index contributed by atoms with van der Waals surface area (Å²) in [5.74, 6) is 0.332. The monoisotopic (exact) mass is 497 g/mol. The smallest absolute Gasteiger partial charge is 0.240 e. The maximum absolute atomic E-state index is 13.2. The molecule has 2 aromatic rings. The number of amides is 1. The lowest BCUT2D eigenvalue weighted by atomic mass is 9.96. The second-order valence-corrected chi connectivity index (χ2v) is 8.80. The van der Waals surface area contributed by atoms with Crippen LogP contribution in [0.25, 0.3) is 0 Å². The summed E-state index contributed by atoms with van der Waals surface area (Å²) in [5, 5.41) is 0.758. The number of nitrogens with zero attached hydrogens (tertiary/aromatic N) is 3. The van der Waals surface area contributed by atoms with Gasteiger partial charge < -0.3 is 4.90 Å². The van der Waals surface area contributed by atoms with Gasteiger partial charge >= 0.3 is 0 Å². The fourth-order valence-electron chi connectivity index (χ4n) is 4.95. The average Bonchev–Trinajstić information content (AvgIpc) is 2.81. The molecule has 0 bridgehead atoms. The third kappa shape index (κ3) is 6.18. The van der Waals surface area contributed by atoms with E-state index in [0.717, 1.165) is 50.7 Å². The van der Waals surface area contributed by atoms with E-state index in [1.165, 1.54) is 24.0 Å². The molecular formula is C25H34Cl3N3O. The number of hydrogen-bond donors (Lipinski definition) is 0. The third-order valence-electron chi connectivity index (χ3n) is 6.60. The van der Waals surface area contributed by atoms with Crippen LogP contribution in [0, 0.1) is 0 Å². The van der Waals surface area contributed by atoms with Gasteiger partial charge in [0, 0.05) is 31.2 Å². The molecule has 32 heavy (non-hydrogen) atoms. The zero-order chi connectivity index (χ0) is 20.9. The molecule has 4 nitrogen and oxygen atoms in total. The lowest BCUT2D eigenvalue weighted by Crippen LogP contribution is -2.56. The number of halogens is 3. The second kappa shape index (κ2) is 12.8. The highest BCUT2D eigenvalue weighted by atomic mass is 35.5. The van der Waals surface area contributed by atoms with Crippen LogP contribution in [0.5, 0.6) is 0 Å². The zero-order valence-corrected chi connectivity index (χ0v) is 21.0. The Morgan fingerprint density at radius 2 is 1.53 bits per heavy atom. The van der Waals surface area contributed by atoms with E-state index in [0.29, 0.717) is 5.91 Å². The maximum atomic E-state index is 13.2. The summed E-state index contributed by atoms with van der Waals surface area (Å²) >= 11 is 6.14. The van der Waals surface area contributed by atoms with Crippen LogP contribution in [-0.2, 0) is 4.79 Å². The van der Waals surface area contributed by atoms with E-state index >= 15 is 0 Å². The van der Waals surface area contributed by atoms with Crippen LogP contribution >= 0.6 is 36.4 Å². The quantitative estimate of drug-likeness (QED) is 0.560. The van der Waals surface area contributed by atoms with E-state index in [2.05, 4.69) is 64.1 Å². The van der Waals surface area contributed by atoms with Crippen molar-refractivity contribution in [2.24, 2.45) is 0 Å². The van der Waals surface area contributed by atoms with Gasteiger partial charge in [-0.05, 0) is 49.2 Å². The zero-order valence-electron chi connectivity index (χ0n) is 18.7. The Balaban J connectivity index is 0.00000181. The van der Waals surface area contributed by atoms with Crippen LogP contribution in [0.4, 0.5) is 0 Å². The van der Waals surface area contributed by atoms with Crippen molar-refractivity contribution in [3.63, 3.8) is 0 Å². The molecule has 0 saturated carbocycles. The van der Waals surface area contributed by atoms with E-state index in [1.54, 1.807) is 0 Å². The summed E-state index contributed by atoms with van der Waals surface area (Å²) in [4.78, 5) is 20.2. The van der Waals surface area contributed by atoms with Gasteiger partial charge in [-0.1, -0.05) is 67.4 Å². The summed E-state index contributed by atoms with van der Waals surface area (Å²) in [6.45, 7) is 7.54. The summed E-state index contributed by atoms with van der Waals surface area (Å²) in [5.41, 5.74) is 2.53. The summed E-state index contributed by atoms with van der Waals surface area (Å²) in [6, 6.07) is 19.1. The molecule has 0 N–H and O–H groups in total. The molecule has 2 aliphatic heterocycles. The third-order valence-corrected chi connectivity index (χ3v) is 6.85. The van der Waals surface area contributed by atoms with Crippen LogP contribution in [0.2, 0.25) is 5.02 Å². The van der Waals surface area contributed by atoms with E-state index in [-0.39, 0.29) is 36.9 Å². The SMILES string of the molecule is CCN1CCCC[C@H]1C(=O)N1CCN(C(c2ccccc2)c2ccc(Cl)cc2)CC1.Cl.Cl. The minimum absolute atomic E-state index is 0. The van der Waals surface area contributed by atoms with E-state index in [4.69, 9.17) is 11.6 Å². The number of piperazine rings is 1. The largest absolute Gasteiger partial charge is 0.339 e. The molecule has 0 aliphatic carbocycles. The van der Waals surface area contributed by atoms with Crippen molar-refractivity contribution in [3.8, 4) is 0 Å². The normalized spacial score (nSPS) is 20.7. The van der Waals surface area contributed by atoms with Crippen LogP contribution in [0.3, 0.4) is 0 Å². The van der Waals surface area contributed by atoms with Gasteiger partial charge in [0.15, 0.2) is 0 Å². The lowest BCUT2D eigenvalue weighted by Gasteiger charge is -2.42. The topological polar surface area (TPSA) is 26.8 Å². The van der Waals surface area contributed by atoms with Gasteiger partial charge in [-0.15, -0.1) is 24.8 Å². The molecule has 2 aliphatic rings. The molecule has 176 valence electrons. The molecule has 2 aromatic carbocycles. The number of likely N-dealkylation sites (tertiary alicyclic amines) is 1. The molecule has 0 spiro atoms. The van der Waals surface area contributed by atoms with Crippen molar-refractivity contribution >= 4 is 42.3 Å². The van der Waals surface area contributed by atoms with Crippen molar-refractivity contribution in [1.29, 1.82) is 0 Å². The van der Waals surface area contributed by atoms with Crippen molar-refractivity contribution in [2.45, 2.75) is 38.3 Å². The first-order chi connectivity index (χ1) is 14.7. The van der Waals surface area contributed by atoms with Crippen LogP contribution in [-0.4, -0.2) is 65.9 Å². The lowest BCUT2D eigenvalue weighted by molar-refractivity contribution is -0.140. The molecule has 2 atom stereocenters. The number of carbonyl (C=O) groups is 1. The number of hydrogen-bond acceptors (Lipinski definition) is 3. The second-order valence-electron chi connectivity index (χ2n) is 8.37. The molecular weight excluding hydrogens is 465 g/mol. The molecule has 7 heteroatoms. The van der Waals surface area contributed by atoms with Gasteiger partial charge in [0.2, 0.25) is 5.91 Å². The Kier molecular flexibility index (Phi) is 10.8. The van der Waals surface area contributed by atoms with Crippen molar-refractivity contribution in [3.05, 3.63) is 70.7 Å². The number of piperidine rings is 1. The predicted molar refractivity (Wildman–Crippen MR) is 137 cm³/mol. The fourth-order valence-corrected chi connectivity index (χ4v) is 5.08. The van der Waals surface area contributed by atoms with Gasteiger partial charge in [-0.3, -0.25) is 14.6 Å². The van der Waals surface area contributed by atoms with Crippen molar-refractivity contribution < 1.29 is 4.79 Å². The average molecular weight is 499 g/mol. The molecule has 0 aromatic heterocycles. The van der Waals surface area contributed by atoms with Gasteiger partial charge in [0.25, 0.3) is 0 Å². The number of likely N-dealkylation sites (N-methyl/N-ethyl adjacent to an activating group) is 1. The Bertz CT molecular complexity index is 826. The van der Waals surface area contributed by atoms with E-state index in [9.17, 15) is 4.79 Å². The first-order valence-corrected chi connectivity index (χ1v) is 11.6. The fraction of sp³-hybridized carbons (Fsp3) is 0.480. The molecule has 1 amide bonds. The molecule has 1 unspecified atom stereocenters. The highest BCUT2D eigenvalue weighted by molar-refractivity contribution is 6.30. The summed E-state index contributed by atoms with van der Waals surface area (Å²) in [7, 11) is 0. The van der Waals surface area contributed by atoms with Gasteiger partial charge in [0.05, 0.1) is 12.1 Å². The van der Waals surface area contributed by atoms with E-state index < -0.39 is 0 Å². The van der Waals surface area contributed by atoms with E-state index in [1.807, 2.05) is 12.1 Å². The van der Waals surface area contributed by atoms with Gasteiger partial charge in [-0.25, -0.2) is 0 Å². The highest BCUT2D eigenvalue weighted by Gasteiger charge is 2.34. The highest BCUT2D eigenvalue weighted by Crippen LogP contribution is 2.31. The Morgan fingerprint density at radius 1 is 0.906 bits per heavy atom. The molecule has 2 fully saturated rings. The standard InChI is InChI=1S/C25H32ClN3O.2ClH/c1-2-27-15-7-6-10-23(27)25(30)29-18-16-28(17-19-29)24(20-8-4-3-5-9-20)21-11-13-22(26)14-12-21;;/h3-5,8-9,11-14,23-24H,2,6-7,10,15-19H2,1H3;2*1H/t23-,24?;;/m0../s1. The van der Waals surface area contributed by atoms with Crippen molar-refractivity contribution in [2.75, 3.05) is 39.3 Å². The van der Waals surface area contributed by atoms with Gasteiger partial charge in [-0.2, -0.15) is 0 Å². The predicted octanol–water partition coefficient (Wildman–Crippen LogP) is 5.29. The van der Waals surface area contributed by atoms with Crippen molar-refractivity contribution in [1.82, 2.24) is 14.7 Å². The maximum Gasteiger partial charge on any atom is 0.240 e. The molecule has 2 heterocycles. The van der Waals surface area contributed by atoms with Crippen LogP contribution in [0.1, 0.15) is 43.4 Å². The number of benzene rings is 2.